The van der Waals surface area contributed by atoms with Crippen LogP contribution in [-0.2, 0) is 6.42 Å². The summed E-state index contributed by atoms with van der Waals surface area (Å²) in [6.45, 7) is 2.11. The van der Waals surface area contributed by atoms with E-state index in [1.54, 1.807) is 0 Å². The molecule has 2 rings (SSSR count). The molecule has 1 aromatic carbocycles. The predicted molar refractivity (Wildman–Crippen MR) is 72.1 cm³/mol. The van der Waals surface area contributed by atoms with Crippen LogP contribution in [-0.4, -0.2) is 11.2 Å². The van der Waals surface area contributed by atoms with Crippen molar-refractivity contribution in [2.24, 2.45) is 0 Å². The highest BCUT2D eigenvalue weighted by atomic mass is 16.3. The van der Waals surface area contributed by atoms with Crippen LogP contribution in [0.5, 0.6) is 0 Å². The van der Waals surface area contributed by atoms with Gasteiger partial charge in [0.25, 0.3) is 0 Å². The first kappa shape index (κ1) is 12.4. The van der Waals surface area contributed by atoms with Crippen LogP contribution in [0.3, 0.4) is 0 Å². The summed E-state index contributed by atoms with van der Waals surface area (Å²) >= 11 is 0. The minimum absolute atomic E-state index is 0.283. The number of aliphatic hydroxyl groups excluding tert-OH is 1. The molecular weight excluding hydrogens is 208 g/mol. The zero-order valence-corrected chi connectivity index (χ0v) is 10.7. The van der Waals surface area contributed by atoms with E-state index in [-0.39, 0.29) is 6.10 Å². The minimum Gasteiger partial charge on any atom is -0.388 e. The highest BCUT2D eigenvalue weighted by Gasteiger charge is 2.13. The molecule has 0 radical (unpaired) electrons. The zero-order valence-electron chi connectivity index (χ0n) is 10.7. The van der Waals surface area contributed by atoms with Gasteiger partial charge in [0.2, 0.25) is 0 Å². The van der Waals surface area contributed by atoms with Crippen LogP contribution in [0.15, 0.2) is 35.9 Å². The fourth-order valence-corrected chi connectivity index (χ4v) is 2.52. The number of hydrogen-bond acceptors (Lipinski definition) is 1. The van der Waals surface area contributed by atoms with Crippen LogP contribution in [0.25, 0.3) is 0 Å². The molecule has 1 aliphatic carbocycles. The molecule has 17 heavy (non-hydrogen) atoms. The van der Waals surface area contributed by atoms with E-state index >= 15 is 0 Å². The third kappa shape index (κ3) is 3.44. The molecule has 0 heterocycles. The Bertz CT molecular complexity index is 392. The Kier molecular flexibility index (Phi) is 4.38. The Morgan fingerprint density at radius 2 is 2.00 bits per heavy atom. The molecule has 0 amide bonds. The average Bonchev–Trinajstić information content (AvgIpc) is 2.61. The lowest BCUT2D eigenvalue weighted by atomic mass is 9.96. The lowest BCUT2D eigenvalue weighted by Crippen LogP contribution is -2.14. The second kappa shape index (κ2) is 6.02. The highest BCUT2D eigenvalue weighted by molar-refractivity contribution is 5.28. The van der Waals surface area contributed by atoms with Crippen molar-refractivity contribution in [2.45, 2.75) is 51.6 Å². The van der Waals surface area contributed by atoms with E-state index in [0.717, 1.165) is 19.3 Å². The summed E-state index contributed by atoms with van der Waals surface area (Å²) in [6, 6.07) is 8.34. The minimum atomic E-state index is -0.283. The van der Waals surface area contributed by atoms with Crippen LogP contribution >= 0.6 is 0 Å². The van der Waals surface area contributed by atoms with Gasteiger partial charge in [-0.1, -0.05) is 36.8 Å². The Morgan fingerprint density at radius 3 is 2.82 bits per heavy atom. The maximum absolute atomic E-state index is 10.3. The summed E-state index contributed by atoms with van der Waals surface area (Å²) in [5, 5.41) is 10.3. The van der Waals surface area contributed by atoms with Gasteiger partial charge in [0.05, 0.1) is 6.10 Å². The summed E-state index contributed by atoms with van der Waals surface area (Å²) < 4.78 is 0. The molecule has 0 spiro atoms. The van der Waals surface area contributed by atoms with E-state index in [1.807, 2.05) is 0 Å². The first-order valence-electron chi connectivity index (χ1n) is 6.69. The predicted octanol–water partition coefficient (Wildman–Crippen LogP) is 3.79. The Balaban J connectivity index is 2.03. The number of allylic oxidation sites excluding steroid dienone is 1. The summed E-state index contributed by atoms with van der Waals surface area (Å²) in [4.78, 5) is 0. The van der Waals surface area contributed by atoms with E-state index in [2.05, 4.69) is 37.3 Å². The van der Waals surface area contributed by atoms with E-state index in [9.17, 15) is 5.11 Å². The lowest BCUT2D eigenvalue weighted by molar-refractivity contribution is 0.206. The topological polar surface area (TPSA) is 20.2 Å². The maximum Gasteiger partial charge on any atom is 0.0790 e. The summed E-state index contributed by atoms with van der Waals surface area (Å²) in [7, 11) is 0. The van der Waals surface area contributed by atoms with Gasteiger partial charge >= 0.3 is 0 Å². The van der Waals surface area contributed by atoms with Gasteiger partial charge in [-0.2, -0.15) is 0 Å². The van der Waals surface area contributed by atoms with Crippen molar-refractivity contribution < 1.29 is 5.11 Å². The standard InChI is InChI=1S/C16H22O/c1-13-8-6-7-11-15(13)12-16(17)14-9-4-2-3-5-10-14/h6-9,11,16-17H,2-5,10,12H2,1H3. The monoisotopic (exact) mass is 230 g/mol. The van der Waals surface area contributed by atoms with Crippen LogP contribution in [0.4, 0.5) is 0 Å². The molecule has 1 aromatic rings. The number of aliphatic hydroxyl groups is 1. The Labute approximate surface area is 104 Å². The smallest absolute Gasteiger partial charge is 0.0790 e. The third-order valence-corrected chi connectivity index (χ3v) is 3.68. The Morgan fingerprint density at radius 1 is 1.18 bits per heavy atom. The molecule has 1 atom stereocenters. The quantitative estimate of drug-likeness (QED) is 0.783. The molecule has 1 nitrogen and oxygen atoms in total. The van der Waals surface area contributed by atoms with Gasteiger partial charge in [-0.3, -0.25) is 0 Å². The average molecular weight is 230 g/mol. The molecule has 1 N–H and O–H groups in total. The van der Waals surface area contributed by atoms with Crippen molar-refractivity contribution in [1.29, 1.82) is 0 Å². The largest absolute Gasteiger partial charge is 0.388 e. The molecule has 1 aliphatic rings. The van der Waals surface area contributed by atoms with Gasteiger partial charge in [-0.15, -0.1) is 0 Å². The van der Waals surface area contributed by atoms with Crippen LogP contribution in [0.1, 0.15) is 43.2 Å². The van der Waals surface area contributed by atoms with E-state index in [1.165, 1.54) is 36.0 Å². The molecular formula is C16H22O. The van der Waals surface area contributed by atoms with Gasteiger partial charge in [0.1, 0.15) is 0 Å². The fraction of sp³-hybridized carbons (Fsp3) is 0.500. The van der Waals surface area contributed by atoms with Gasteiger partial charge < -0.3 is 5.11 Å². The summed E-state index contributed by atoms with van der Waals surface area (Å²) in [5.41, 5.74) is 3.80. The summed E-state index contributed by atoms with van der Waals surface area (Å²) in [6.07, 6.45) is 8.77. The lowest BCUT2D eigenvalue weighted by Gasteiger charge is -2.15. The number of hydrogen-bond donors (Lipinski definition) is 1. The van der Waals surface area contributed by atoms with E-state index in [0.29, 0.717) is 0 Å². The first-order chi connectivity index (χ1) is 8.27. The normalized spacial score (nSPS) is 18.4. The van der Waals surface area contributed by atoms with Crippen LogP contribution in [0, 0.1) is 6.92 Å². The number of aryl methyl sites for hydroxylation is 1. The second-order valence-corrected chi connectivity index (χ2v) is 5.02. The van der Waals surface area contributed by atoms with Crippen molar-refractivity contribution in [1.82, 2.24) is 0 Å². The molecule has 92 valence electrons. The second-order valence-electron chi connectivity index (χ2n) is 5.02. The van der Waals surface area contributed by atoms with Crippen LogP contribution < -0.4 is 0 Å². The maximum atomic E-state index is 10.3. The molecule has 0 saturated heterocycles. The fourth-order valence-electron chi connectivity index (χ4n) is 2.52. The van der Waals surface area contributed by atoms with Crippen molar-refractivity contribution in [3.8, 4) is 0 Å². The Hall–Kier alpha value is -1.08. The first-order valence-corrected chi connectivity index (χ1v) is 6.69. The van der Waals surface area contributed by atoms with E-state index < -0.39 is 0 Å². The van der Waals surface area contributed by atoms with Gasteiger partial charge in [0.15, 0.2) is 0 Å². The molecule has 0 aliphatic heterocycles. The molecule has 1 heteroatoms. The van der Waals surface area contributed by atoms with Crippen LogP contribution in [0.2, 0.25) is 0 Å². The van der Waals surface area contributed by atoms with Crippen molar-refractivity contribution in [3.05, 3.63) is 47.0 Å². The molecule has 0 bridgehead atoms. The molecule has 0 saturated carbocycles. The van der Waals surface area contributed by atoms with Crippen molar-refractivity contribution >= 4 is 0 Å². The number of benzene rings is 1. The third-order valence-electron chi connectivity index (χ3n) is 3.68. The van der Waals surface area contributed by atoms with Gasteiger partial charge in [0, 0.05) is 6.42 Å². The van der Waals surface area contributed by atoms with Crippen molar-refractivity contribution in [2.75, 3.05) is 0 Å². The highest BCUT2D eigenvalue weighted by Crippen LogP contribution is 2.22. The van der Waals surface area contributed by atoms with Gasteiger partial charge in [-0.25, -0.2) is 0 Å². The zero-order chi connectivity index (χ0) is 12.1. The summed E-state index contributed by atoms with van der Waals surface area (Å²) in [5.74, 6) is 0. The molecule has 0 fully saturated rings. The molecule has 1 unspecified atom stereocenters. The SMILES string of the molecule is Cc1ccccc1CC(O)C1=CCCCCC1. The van der Waals surface area contributed by atoms with Crippen molar-refractivity contribution in [3.63, 3.8) is 0 Å². The van der Waals surface area contributed by atoms with Gasteiger partial charge in [-0.05, 0) is 49.3 Å². The molecule has 0 aromatic heterocycles. The number of rotatable bonds is 3. The van der Waals surface area contributed by atoms with E-state index in [4.69, 9.17) is 0 Å².